The van der Waals surface area contributed by atoms with Gasteiger partial charge in [0.2, 0.25) is 5.95 Å². The predicted molar refractivity (Wildman–Crippen MR) is 99.4 cm³/mol. The zero-order valence-corrected chi connectivity index (χ0v) is 15.6. The third-order valence-electron chi connectivity index (χ3n) is 4.75. The van der Waals surface area contributed by atoms with Gasteiger partial charge in [-0.3, -0.25) is 0 Å². The number of ether oxygens (including phenoxy) is 1. The maximum atomic E-state index is 12.5. The molecule has 3 aromatic heterocycles. The summed E-state index contributed by atoms with van der Waals surface area (Å²) in [6.07, 6.45) is -0.397. The fourth-order valence-corrected chi connectivity index (χ4v) is 3.22. The predicted octanol–water partition coefficient (Wildman–Crippen LogP) is 1.68. The molecule has 0 saturated carbocycles. The first kappa shape index (κ1) is 20.0. The van der Waals surface area contributed by atoms with E-state index < -0.39 is 18.2 Å². The van der Waals surface area contributed by atoms with Crippen molar-refractivity contribution in [1.29, 1.82) is 0 Å². The largest absolute Gasteiger partial charge is 0.490 e. The molecule has 2 unspecified atom stereocenters. The van der Waals surface area contributed by atoms with E-state index in [4.69, 9.17) is 0 Å². The number of hydrogen-bond acceptors (Lipinski definition) is 8. The van der Waals surface area contributed by atoms with Gasteiger partial charge in [-0.2, -0.15) is 18.3 Å². The molecule has 0 aliphatic carbocycles. The van der Waals surface area contributed by atoms with E-state index in [0.717, 1.165) is 0 Å². The van der Waals surface area contributed by atoms with Gasteiger partial charge in [-0.05, 0) is 25.1 Å². The Morgan fingerprint density at radius 1 is 1.23 bits per heavy atom. The van der Waals surface area contributed by atoms with Gasteiger partial charge in [-0.1, -0.05) is 0 Å². The lowest BCUT2D eigenvalue weighted by Gasteiger charge is -2.32. The second-order valence-corrected chi connectivity index (χ2v) is 6.79. The summed E-state index contributed by atoms with van der Waals surface area (Å²) in [4.78, 5) is 24.3. The first-order valence-corrected chi connectivity index (χ1v) is 9.26. The summed E-state index contributed by atoms with van der Waals surface area (Å²) >= 11 is 0. The number of carbonyl (C=O) groups is 1. The molecule has 0 radical (unpaired) electrons. The number of alkyl halides is 3. The van der Waals surface area contributed by atoms with E-state index in [1.54, 1.807) is 41.3 Å². The van der Waals surface area contributed by atoms with Gasteiger partial charge in [0.15, 0.2) is 5.65 Å². The molecule has 3 aromatic rings. The maximum Gasteiger partial charge on any atom is 0.490 e. The second kappa shape index (κ2) is 8.22. The number of esters is 1. The van der Waals surface area contributed by atoms with Crippen molar-refractivity contribution in [1.82, 2.24) is 29.9 Å². The van der Waals surface area contributed by atoms with Crippen molar-refractivity contribution >= 4 is 17.6 Å². The molecule has 30 heavy (non-hydrogen) atoms. The molecular weight excluding hydrogens is 403 g/mol. The van der Waals surface area contributed by atoms with E-state index in [2.05, 4.69) is 35.4 Å². The number of aromatic nitrogens is 5. The Balaban J connectivity index is 1.43. The van der Waals surface area contributed by atoms with Crippen LogP contribution < -0.4 is 10.6 Å². The molecule has 2 N–H and O–H groups in total. The third kappa shape index (κ3) is 4.48. The first-order valence-electron chi connectivity index (χ1n) is 9.26. The van der Waals surface area contributed by atoms with Gasteiger partial charge >= 0.3 is 12.1 Å². The number of nitrogens with one attached hydrogen (secondary N) is 2. The average molecular weight is 421 g/mol. The van der Waals surface area contributed by atoms with Crippen molar-refractivity contribution in [3.8, 4) is 11.4 Å². The minimum absolute atomic E-state index is 0.157. The van der Waals surface area contributed by atoms with Crippen molar-refractivity contribution in [2.45, 2.75) is 18.7 Å². The van der Waals surface area contributed by atoms with Gasteiger partial charge in [0, 0.05) is 37.5 Å². The van der Waals surface area contributed by atoms with Crippen LogP contribution in [0.25, 0.3) is 17.0 Å². The number of piperidine rings is 1. The number of carbonyl (C=O) groups excluding carboxylic acids is 1. The molecule has 2 atom stereocenters. The highest BCUT2D eigenvalue weighted by atomic mass is 19.4. The summed E-state index contributed by atoms with van der Waals surface area (Å²) in [5, 5.41) is 10.1. The van der Waals surface area contributed by atoms with Crippen molar-refractivity contribution in [3.63, 3.8) is 0 Å². The second-order valence-electron chi connectivity index (χ2n) is 6.79. The van der Waals surface area contributed by atoms with Crippen molar-refractivity contribution in [2.75, 3.05) is 25.0 Å². The molecule has 4 rings (SSSR count). The van der Waals surface area contributed by atoms with E-state index in [1.165, 1.54) is 0 Å². The number of nitrogens with zero attached hydrogens (tertiary/aromatic N) is 5. The van der Waals surface area contributed by atoms with E-state index in [0.29, 0.717) is 35.9 Å². The average Bonchev–Trinajstić information content (AvgIpc) is 3.20. The van der Waals surface area contributed by atoms with Gasteiger partial charge < -0.3 is 15.4 Å². The molecule has 0 amide bonds. The van der Waals surface area contributed by atoms with Crippen LogP contribution in [-0.4, -0.2) is 62.4 Å². The summed E-state index contributed by atoms with van der Waals surface area (Å²) in [6, 6.07) is 5.24. The molecular formula is C18H18F3N7O2. The highest BCUT2D eigenvalue weighted by Gasteiger charge is 2.43. The highest BCUT2D eigenvalue weighted by molar-refractivity contribution is 5.75. The van der Waals surface area contributed by atoms with Gasteiger partial charge in [-0.25, -0.2) is 24.3 Å². The Kier molecular flexibility index (Phi) is 5.48. The van der Waals surface area contributed by atoms with Gasteiger partial charge in [-0.15, -0.1) is 0 Å². The lowest BCUT2D eigenvalue weighted by molar-refractivity contribution is -0.207. The van der Waals surface area contributed by atoms with E-state index in [-0.39, 0.29) is 19.0 Å². The number of halogens is 3. The number of anilines is 1. The lowest BCUT2D eigenvalue weighted by Crippen LogP contribution is -2.47. The van der Waals surface area contributed by atoms with Crippen LogP contribution in [0.3, 0.4) is 0 Å². The van der Waals surface area contributed by atoms with Crippen LogP contribution >= 0.6 is 0 Å². The Bertz CT molecular complexity index is 1040. The molecule has 12 heteroatoms. The standard InChI is InChI=1S/C18H18F3N7O2/c19-18(20,21)16(29)30-14-10-22-5-1-11(14)9-24-17-23-6-2-12(27-17)13-4-8-28-15(26-13)3-7-25-28/h2-4,6-8,11,14,22H,1,5,9-10H2,(H,23,24,27). The first-order chi connectivity index (χ1) is 14.4. The van der Waals surface area contributed by atoms with E-state index in [9.17, 15) is 18.0 Å². The van der Waals surface area contributed by atoms with Crippen LogP contribution in [0, 0.1) is 5.92 Å². The zero-order chi connectivity index (χ0) is 21.1. The molecule has 158 valence electrons. The van der Waals surface area contributed by atoms with E-state index in [1.807, 2.05) is 0 Å². The molecule has 9 nitrogen and oxygen atoms in total. The molecule has 0 spiro atoms. The minimum Gasteiger partial charge on any atom is -0.454 e. The third-order valence-corrected chi connectivity index (χ3v) is 4.75. The van der Waals surface area contributed by atoms with Crippen LogP contribution in [0.2, 0.25) is 0 Å². The lowest BCUT2D eigenvalue weighted by atomic mass is 9.95. The SMILES string of the molecule is O=C(OC1CNCCC1CNc1nccc(-c2ccn3nccc3n2)n1)C(F)(F)F. The molecule has 0 aromatic carbocycles. The number of rotatable bonds is 5. The zero-order valence-electron chi connectivity index (χ0n) is 15.6. The number of fused-ring (bicyclic) bond motifs is 1. The van der Waals surface area contributed by atoms with Crippen molar-refractivity contribution < 1.29 is 22.7 Å². The fourth-order valence-electron chi connectivity index (χ4n) is 3.22. The van der Waals surface area contributed by atoms with Crippen molar-refractivity contribution in [2.24, 2.45) is 5.92 Å². The quantitative estimate of drug-likeness (QED) is 0.600. The van der Waals surface area contributed by atoms with Crippen molar-refractivity contribution in [3.05, 3.63) is 36.8 Å². The summed E-state index contributed by atoms with van der Waals surface area (Å²) < 4.78 is 43.9. The summed E-state index contributed by atoms with van der Waals surface area (Å²) in [6.45, 7) is 1.03. The van der Waals surface area contributed by atoms with Crippen LogP contribution in [0.15, 0.2) is 36.8 Å². The molecule has 4 heterocycles. The summed E-state index contributed by atoms with van der Waals surface area (Å²) in [5.74, 6) is -2.19. The Labute approximate surface area is 168 Å². The van der Waals surface area contributed by atoms with Crippen LogP contribution in [0.1, 0.15) is 6.42 Å². The molecule has 1 aliphatic heterocycles. The number of hydrogen-bond donors (Lipinski definition) is 2. The van der Waals surface area contributed by atoms with Crippen LogP contribution in [0.5, 0.6) is 0 Å². The van der Waals surface area contributed by atoms with Crippen LogP contribution in [-0.2, 0) is 9.53 Å². The van der Waals surface area contributed by atoms with Gasteiger partial charge in [0.05, 0.1) is 17.6 Å². The smallest absolute Gasteiger partial charge is 0.454 e. The van der Waals surface area contributed by atoms with Gasteiger partial charge in [0.1, 0.15) is 6.10 Å². The fraction of sp³-hybridized carbons (Fsp3) is 0.389. The minimum atomic E-state index is -5.02. The normalized spacial score (nSPS) is 19.6. The highest BCUT2D eigenvalue weighted by Crippen LogP contribution is 2.23. The Morgan fingerprint density at radius 2 is 2.07 bits per heavy atom. The molecule has 1 aliphatic rings. The summed E-state index contributed by atoms with van der Waals surface area (Å²) in [5.41, 5.74) is 1.89. The molecule has 1 fully saturated rings. The monoisotopic (exact) mass is 421 g/mol. The molecule has 1 saturated heterocycles. The topological polar surface area (TPSA) is 106 Å². The molecule has 0 bridgehead atoms. The Hall–Kier alpha value is -3.28. The maximum absolute atomic E-state index is 12.5. The van der Waals surface area contributed by atoms with Gasteiger partial charge in [0.25, 0.3) is 0 Å². The Morgan fingerprint density at radius 3 is 2.90 bits per heavy atom. The van der Waals surface area contributed by atoms with E-state index >= 15 is 0 Å². The summed E-state index contributed by atoms with van der Waals surface area (Å²) in [7, 11) is 0. The van der Waals surface area contributed by atoms with Crippen LogP contribution in [0.4, 0.5) is 19.1 Å².